The zero-order valence-corrected chi connectivity index (χ0v) is 10.1. The maximum Gasteiger partial charge on any atom is 0.251 e. The van der Waals surface area contributed by atoms with E-state index in [9.17, 15) is 4.79 Å². The van der Waals surface area contributed by atoms with Gasteiger partial charge < -0.3 is 5.32 Å². The molecule has 0 aromatic rings. The van der Waals surface area contributed by atoms with E-state index in [1.54, 1.807) is 7.05 Å². The molecular weight excluding hydrogens is 198 g/mol. The Kier molecular flexibility index (Phi) is 3.28. The van der Waals surface area contributed by atoms with Gasteiger partial charge in [0.05, 0.1) is 0 Å². The number of nitrogens with one attached hydrogen (secondary N) is 1. The van der Waals surface area contributed by atoms with Gasteiger partial charge in [0, 0.05) is 12.6 Å². The van der Waals surface area contributed by atoms with Crippen LogP contribution in [-0.4, -0.2) is 13.0 Å². The minimum atomic E-state index is 0.0559. The first-order chi connectivity index (χ1) is 7.74. The molecule has 1 amide bonds. The second kappa shape index (κ2) is 4.69. The Hall–Kier alpha value is -1.31. The van der Waals surface area contributed by atoms with Crippen molar-refractivity contribution in [2.24, 2.45) is 0 Å². The molecule has 1 N–H and O–H groups in total. The Morgan fingerprint density at radius 1 is 1.25 bits per heavy atom. The number of likely N-dealkylation sites (N-methyl/N-ethyl adjacent to an activating group) is 1. The Bertz CT molecular complexity index is 399. The maximum atomic E-state index is 11.8. The molecule has 0 aromatic heterocycles. The van der Waals surface area contributed by atoms with Crippen LogP contribution < -0.4 is 5.32 Å². The summed E-state index contributed by atoms with van der Waals surface area (Å²) in [5.74, 6) is 0.0559. The zero-order chi connectivity index (χ0) is 11.5. The Morgan fingerprint density at radius 3 is 2.62 bits per heavy atom. The minimum Gasteiger partial charge on any atom is -0.355 e. The molecule has 2 nitrogen and oxygen atoms in total. The van der Waals surface area contributed by atoms with Crippen molar-refractivity contribution >= 4 is 5.91 Å². The fourth-order valence-electron chi connectivity index (χ4n) is 2.60. The third-order valence-electron chi connectivity index (χ3n) is 3.49. The first-order valence-electron chi connectivity index (χ1n) is 6.05. The summed E-state index contributed by atoms with van der Waals surface area (Å²) in [7, 11) is 1.70. The van der Waals surface area contributed by atoms with Crippen LogP contribution in [0.25, 0.3) is 0 Å². The normalized spacial score (nSPS) is 20.6. The molecule has 16 heavy (non-hydrogen) atoms. The highest BCUT2D eigenvalue weighted by Crippen LogP contribution is 2.36. The van der Waals surface area contributed by atoms with Crippen LogP contribution in [0.2, 0.25) is 0 Å². The maximum absolute atomic E-state index is 11.8. The molecule has 0 unspecified atom stereocenters. The van der Waals surface area contributed by atoms with Gasteiger partial charge >= 0.3 is 0 Å². The van der Waals surface area contributed by atoms with Crippen LogP contribution in [0.3, 0.4) is 0 Å². The molecule has 0 bridgehead atoms. The van der Waals surface area contributed by atoms with E-state index in [2.05, 4.69) is 18.3 Å². The van der Waals surface area contributed by atoms with Crippen LogP contribution in [0, 0.1) is 0 Å². The molecule has 0 atom stereocenters. The van der Waals surface area contributed by atoms with Crippen LogP contribution in [0.15, 0.2) is 34.4 Å². The van der Waals surface area contributed by atoms with Gasteiger partial charge in [-0.25, -0.2) is 0 Å². The molecule has 1 fully saturated rings. The van der Waals surface area contributed by atoms with Crippen LogP contribution in [0.1, 0.15) is 39.0 Å². The van der Waals surface area contributed by atoms with Crippen LogP contribution in [-0.2, 0) is 4.79 Å². The van der Waals surface area contributed by atoms with E-state index in [1.165, 1.54) is 29.6 Å². The van der Waals surface area contributed by atoms with Crippen molar-refractivity contribution in [1.29, 1.82) is 0 Å². The quantitative estimate of drug-likeness (QED) is 0.719. The third-order valence-corrected chi connectivity index (χ3v) is 3.49. The topological polar surface area (TPSA) is 29.1 Å². The highest BCUT2D eigenvalue weighted by Gasteiger charge is 2.21. The van der Waals surface area contributed by atoms with Crippen molar-refractivity contribution in [1.82, 2.24) is 5.32 Å². The average molecular weight is 217 g/mol. The van der Waals surface area contributed by atoms with Gasteiger partial charge in [0.15, 0.2) is 0 Å². The molecule has 0 saturated heterocycles. The summed E-state index contributed by atoms with van der Waals surface area (Å²) in [5.41, 5.74) is 5.05. The van der Waals surface area contributed by atoms with E-state index in [4.69, 9.17) is 0 Å². The minimum absolute atomic E-state index is 0.0559. The fraction of sp³-hybridized carbons (Fsp3) is 0.500. The van der Waals surface area contributed by atoms with E-state index in [0.717, 1.165) is 24.8 Å². The van der Waals surface area contributed by atoms with Crippen molar-refractivity contribution in [3.63, 3.8) is 0 Å². The van der Waals surface area contributed by atoms with Crippen molar-refractivity contribution in [3.8, 4) is 0 Å². The predicted octanol–water partition coefficient (Wildman–Crippen LogP) is 2.88. The van der Waals surface area contributed by atoms with Crippen molar-refractivity contribution in [3.05, 3.63) is 34.4 Å². The lowest BCUT2D eigenvalue weighted by atomic mass is 9.84. The fourth-order valence-corrected chi connectivity index (χ4v) is 2.60. The summed E-state index contributed by atoms with van der Waals surface area (Å²) in [4.78, 5) is 11.8. The Morgan fingerprint density at radius 2 is 1.94 bits per heavy atom. The highest BCUT2D eigenvalue weighted by atomic mass is 16.1. The number of hydrogen-bond donors (Lipinski definition) is 1. The summed E-state index contributed by atoms with van der Waals surface area (Å²) < 4.78 is 0. The average Bonchev–Trinajstić information content (AvgIpc) is 2.49. The highest BCUT2D eigenvalue weighted by molar-refractivity contribution is 5.97. The van der Waals surface area contributed by atoms with Gasteiger partial charge in [0.25, 0.3) is 5.91 Å². The number of fused-ring (bicyclic) bond motifs is 1. The van der Waals surface area contributed by atoms with Gasteiger partial charge in [-0.2, -0.15) is 0 Å². The van der Waals surface area contributed by atoms with E-state index in [0.29, 0.717) is 0 Å². The summed E-state index contributed by atoms with van der Waals surface area (Å²) in [6, 6.07) is 0. The number of allylic oxidation sites excluding steroid dienone is 4. The molecule has 86 valence electrons. The first kappa shape index (κ1) is 11.2. The molecule has 0 spiro atoms. The van der Waals surface area contributed by atoms with E-state index in [-0.39, 0.29) is 5.91 Å². The summed E-state index contributed by atoms with van der Waals surface area (Å²) in [6.45, 7) is 2.19. The lowest BCUT2D eigenvalue weighted by molar-refractivity contribution is -0.116. The summed E-state index contributed by atoms with van der Waals surface area (Å²) >= 11 is 0. The number of carbonyl (C=O) groups excluding carboxylic acids is 1. The second-order valence-corrected chi connectivity index (χ2v) is 4.54. The molecule has 2 heteroatoms. The van der Waals surface area contributed by atoms with E-state index >= 15 is 0 Å². The van der Waals surface area contributed by atoms with Gasteiger partial charge in [0.1, 0.15) is 0 Å². The van der Waals surface area contributed by atoms with Crippen molar-refractivity contribution in [2.45, 2.75) is 39.0 Å². The largest absolute Gasteiger partial charge is 0.355 e. The monoisotopic (exact) mass is 217 g/mol. The molecule has 1 saturated carbocycles. The SMILES string of the molecule is CNC(=O)C1=C2CCCCC2=C(C)CC=C1. The van der Waals surface area contributed by atoms with E-state index in [1.807, 2.05) is 6.08 Å². The van der Waals surface area contributed by atoms with E-state index < -0.39 is 0 Å². The molecule has 2 rings (SSSR count). The van der Waals surface area contributed by atoms with Gasteiger partial charge in [-0.3, -0.25) is 4.79 Å². The number of carbonyl (C=O) groups is 1. The van der Waals surface area contributed by atoms with Gasteiger partial charge in [0.2, 0.25) is 0 Å². The smallest absolute Gasteiger partial charge is 0.251 e. The molecular formula is C14H19NO. The van der Waals surface area contributed by atoms with Crippen molar-refractivity contribution < 1.29 is 4.79 Å². The molecule has 2 aliphatic rings. The molecule has 0 radical (unpaired) electrons. The van der Waals surface area contributed by atoms with Crippen LogP contribution >= 0.6 is 0 Å². The molecule has 0 heterocycles. The third kappa shape index (κ3) is 1.97. The second-order valence-electron chi connectivity index (χ2n) is 4.54. The van der Waals surface area contributed by atoms with Gasteiger partial charge in [-0.05, 0) is 50.2 Å². The van der Waals surface area contributed by atoms with Crippen LogP contribution in [0.4, 0.5) is 0 Å². The lowest BCUT2D eigenvalue weighted by Crippen LogP contribution is -2.21. The Labute approximate surface area is 97.1 Å². The predicted molar refractivity (Wildman–Crippen MR) is 66.0 cm³/mol. The van der Waals surface area contributed by atoms with Crippen molar-refractivity contribution in [2.75, 3.05) is 7.05 Å². The molecule has 0 aromatic carbocycles. The standard InChI is InChI=1S/C14H19NO/c1-10-6-5-9-13(14(16)15-2)12-8-4-3-7-11(10)12/h5,9H,3-4,6-8H2,1-2H3,(H,15,16). The zero-order valence-electron chi connectivity index (χ0n) is 10.1. The van der Waals surface area contributed by atoms with Crippen LogP contribution in [0.5, 0.6) is 0 Å². The molecule has 0 aliphatic heterocycles. The lowest BCUT2D eigenvalue weighted by Gasteiger charge is -2.21. The number of hydrogen-bond acceptors (Lipinski definition) is 1. The van der Waals surface area contributed by atoms with Gasteiger partial charge in [-0.15, -0.1) is 0 Å². The molecule has 2 aliphatic carbocycles. The Balaban J connectivity index is 2.49. The summed E-state index contributed by atoms with van der Waals surface area (Å²) in [6.07, 6.45) is 9.76. The van der Waals surface area contributed by atoms with Gasteiger partial charge in [-0.1, -0.05) is 17.7 Å². The summed E-state index contributed by atoms with van der Waals surface area (Å²) in [5, 5.41) is 2.74. The number of rotatable bonds is 1. The first-order valence-corrected chi connectivity index (χ1v) is 6.05. The number of amides is 1.